The fraction of sp³-hybridized carbons (Fsp3) is 0.286. The minimum Gasteiger partial charge on any atom is -0.355 e. The minimum absolute atomic E-state index is 0.238. The van der Waals surface area contributed by atoms with E-state index in [1.165, 1.54) is 5.56 Å². The van der Waals surface area contributed by atoms with Crippen molar-refractivity contribution in [3.05, 3.63) is 52.4 Å². The van der Waals surface area contributed by atoms with E-state index in [0.717, 1.165) is 25.3 Å². The molecule has 0 N–H and O–H groups in total. The van der Waals surface area contributed by atoms with Crippen LogP contribution in [0.4, 0.5) is 5.82 Å². The van der Waals surface area contributed by atoms with Gasteiger partial charge >= 0.3 is 0 Å². The summed E-state index contributed by atoms with van der Waals surface area (Å²) < 4.78 is 0. The SMILES string of the molecule is Clc1ncc(Cl)c(N2CCC(c3ccccc3)C2)n1. The van der Waals surface area contributed by atoms with Crippen LogP contribution in [0, 0.1) is 0 Å². The normalized spacial score (nSPS) is 18.8. The van der Waals surface area contributed by atoms with E-state index in [9.17, 15) is 0 Å². The van der Waals surface area contributed by atoms with Gasteiger partial charge in [0, 0.05) is 19.0 Å². The Morgan fingerprint density at radius 2 is 1.95 bits per heavy atom. The number of benzene rings is 1. The van der Waals surface area contributed by atoms with Crippen LogP contribution in [0.3, 0.4) is 0 Å². The van der Waals surface area contributed by atoms with Crippen LogP contribution in [0.1, 0.15) is 17.9 Å². The molecular weight excluding hydrogens is 281 g/mol. The van der Waals surface area contributed by atoms with Crippen LogP contribution in [0.15, 0.2) is 36.5 Å². The van der Waals surface area contributed by atoms with Crippen LogP contribution >= 0.6 is 23.2 Å². The van der Waals surface area contributed by atoms with Crippen molar-refractivity contribution in [2.45, 2.75) is 12.3 Å². The van der Waals surface area contributed by atoms with Gasteiger partial charge in [-0.05, 0) is 23.6 Å². The molecule has 5 heteroatoms. The van der Waals surface area contributed by atoms with Crippen LogP contribution in [0.25, 0.3) is 0 Å². The fourth-order valence-corrected chi connectivity index (χ4v) is 2.85. The molecule has 1 aromatic carbocycles. The van der Waals surface area contributed by atoms with Gasteiger partial charge in [-0.3, -0.25) is 0 Å². The average molecular weight is 294 g/mol. The Labute approximate surface area is 122 Å². The lowest BCUT2D eigenvalue weighted by atomic mass is 9.99. The molecule has 3 rings (SSSR count). The number of halogens is 2. The Morgan fingerprint density at radius 1 is 1.16 bits per heavy atom. The summed E-state index contributed by atoms with van der Waals surface area (Å²) in [7, 11) is 0. The number of rotatable bonds is 2. The van der Waals surface area contributed by atoms with Crippen LogP contribution < -0.4 is 4.90 Å². The van der Waals surface area contributed by atoms with Gasteiger partial charge in [-0.15, -0.1) is 0 Å². The zero-order chi connectivity index (χ0) is 13.2. The van der Waals surface area contributed by atoms with Gasteiger partial charge in [0.25, 0.3) is 0 Å². The van der Waals surface area contributed by atoms with Crippen molar-refractivity contribution >= 4 is 29.0 Å². The van der Waals surface area contributed by atoms with E-state index < -0.39 is 0 Å². The lowest BCUT2D eigenvalue weighted by molar-refractivity contribution is 0.774. The van der Waals surface area contributed by atoms with Gasteiger partial charge in [-0.2, -0.15) is 4.98 Å². The van der Waals surface area contributed by atoms with Gasteiger partial charge in [-0.25, -0.2) is 4.98 Å². The highest BCUT2D eigenvalue weighted by molar-refractivity contribution is 6.33. The van der Waals surface area contributed by atoms with E-state index in [2.05, 4.69) is 39.1 Å². The average Bonchev–Trinajstić information content (AvgIpc) is 2.92. The first-order chi connectivity index (χ1) is 9.24. The maximum Gasteiger partial charge on any atom is 0.224 e. The molecule has 98 valence electrons. The first-order valence-electron chi connectivity index (χ1n) is 6.22. The van der Waals surface area contributed by atoms with Gasteiger partial charge in [0.15, 0.2) is 5.82 Å². The van der Waals surface area contributed by atoms with Gasteiger partial charge in [0.2, 0.25) is 5.28 Å². The molecule has 0 spiro atoms. The summed E-state index contributed by atoms with van der Waals surface area (Å²) in [4.78, 5) is 10.3. The molecule has 0 saturated carbocycles. The lowest BCUT2D eigenvalue weighted by Crippen LogP contribution is -2.21. The maximum absolute atomic E-state index is 6.14. The van der Waals surface area contributed by atoms with Crippen molar-refractivity contribution in [1.82, 2.24) is 9.97 Å². The second kappa shape index (κ2) is 5.35. The van der Waals surface area contributed by atoms with Crippen LogP contribution in [0.5, 0.6) is 0 Å². The zero-order valence-electron chi connectivity index (χ0n) is 10.3. The topological polar surface area (TPSA) is 29.0 Å². The summed E-state index contributed by atoms with van der Waals surface area (Å²) >= 11 is 12.0. The lowest BCUT2D eigenvalue weighted by Gasteiger charge is -2.18. The molecule has 1 unspecified atom stereocenters. The van der Waals surface area contributed by atoms with Crippen molar-refractivity contribution in [2.75, 3.05) is 18.0 Å². The Balaban J connectivity index is 1.81. The summed E-state index contributed by atoms with van der Waals surface area (Å²) in [5.41, 5.74) is 1.36. The summed E-state index contributed by atoms with van der Waals surface area (Å²) in [6.45, 7) is 1.85. The predicted molar refractivity (Wildman–Crippen MR) is 78.1 cm³/mol. The van der Waals surface area contributed by atoms with E-state index in [1.54, 1.807) is 6.20 Å². The molecule has 1 aliphatic heterocycles. The fourth-order valence-electron chi connectivity index (χ4n) is 2.51. The second-order valence-corrected chi connectivity index (χ2v) is 5.40. The molecule has 3 nitrogen and oxygen atoms in total. The van der Waals surface area contributed by atoms with E-state index in [4.69, 9.17) is 23.2 Å². The summed E-state index contributed by atoms with van der Waals surface area (Å²) in [5.74, 6) is 1.26. The highest BCUT2D eigenvalue weighted by Crippen LogP contribution is 2.33. The molecule has 19 heavy (non-hydrogen) atoms. The molecule has 1 fully saturated rings. The Hall–Kier alpha value is -1.32. The Bertz CT molecular complexity index is 574. The quantitative estimate of drug-likeness (QED) is 0.789. The van der Waals surface area contributed by atoms with Gasteiger partial charge in [0.1, 0.15) is 5.02 Å². The summed E-state index contributed by atoms with van der Waals surface area (Å²) in [6.07, 6.45) is 2.66. The highest BCUT2D eigenvalue weighted by Gasteiger charge is 2.26. The molecule has 2 heterocycles. The van der Waals surface area contributed by atoms with Gasteiger partial charge in [-0.1, -0.05) is 41.9 Å². The van der Waals surface area contributed by atoms with Gasteiger partial charge < -0.3 is 4.90 Å². The molecule has 0 radical (unpaired) electrons. The molecule has 0 aliphatic carbocycles. The standard InChI is InChI=1S/C14H13Cl2N3/c15-12-8-17-14(16)18-13(12)19-7-6-11(9-19)10-4-2-1-3-5-10/h1-5,8,11H,6-7,9H2. The third-order valence-corrected chi connectivity index (χ3v) is 3.90. The van der Waals surface area contributed by atoms with Crippen LogP contribution in [-0.4, -0.2) is 23.1 Å². The maximum atomic E-state index is 6.14. The summed E-state index contributed by atoms with van der Waals surface area (Å²) in [6, 6.07) is 10.5. The zero-order valence-corrected chi connectivity index (χ0v) is 11.8. The van der Waals surface area contributed by atoms with E-state index >= 15 is 0 Å². The summed E-state index contributed by atoms with van der Waals surface area (Å²) in [5, 5.41) is 0.792. The van der Waals surface area contributed by atoms with Crippen LogP contribution in [-0.2, 0) is 0 Å². The highest BCUT2D eigenvalue weighted by atomic mass is 35.5. The molecule has 1 saturated heterocycles. The van der Waals surface area contributed by atoms with Crippen molar-refractivity contribution in [3.8, 4) is 0 Å². The van der Waals surface area contributed by atoms with E-state index in [0.29, 0.717) is 10.9 Å². The number of aromatic nitrogens is 2. The monoisotopic (exact) mass is 293 g/mol. The Morgan fingerprint density at radius 3 is 2.74 bits per heavy atom. The molecular formula is C14H13Cl2N3. The molecule has 1 atom stereocenters. The minimum atomic E-state index is 0.238. The van der Waals surface area contributed by atoms with Crippen molar-refractivity contribution < 1.29 is 0 Å². The number of anilines is 1. The largest absolute Gasteiger partial charge is 0.355 e. The predicted octanol–water partition coefficient (Wildman–Crippen LogP) is 3.78. The van der Waals surface area contributed by atoms with Gasteiger partial charge in [0.05, 0.1) is 6.20 Å². The molecule has 0 bridgehead atoms. The third-order valence-electron chi connectivity index (χ3n) is 3.45. The first-order valence-corrected chi connectivity index (χ1v) is 6.97. The molecule has 1 aromatic heterocycles. The van der Waals surface area contributed by atoms with Crippen molar-refractivity contribution in [1.29, 1.82) is 0 Å². The number of nitrogens with zero attached hydrogens (tertiary/aromatic N) is 3. The van der Waals surface area contributed by atoms with Crippen molar-refractivity contribution in [3.63, 3.8) is 0 Å². The van der Waals surface area contributed by atoms with Crippen molar-refractivity contribution in [2.24, 2.45) is 0 Å². The molecule has 0 amide bonds. The smallest absolute Gasteiger partial charge is 0.224 e. The van der Waals surface area contributed by atoms with E-state index in [-0.39, 0.29) is 5.28 Å². The molecule has 1 aliphatic rings. The Kier molecular flexibility index (Phi) is 3.58. The van der Waals surface area contributed by atoms with E-state index in [1.807, 2.05) is 6.07 Å². The van der Waals surface area contributed by atoms with Crippen LogP contribution in [0.2, 0.25) is 10.3 Å². The second-order valence-electron chi connectivity index (χ2n) is 4.65. The third kappa shape index (κ3) is 2.67. The number of hydrogen-bond acceptors (Lipinski definition) is 3. The first kappa shape index (κ1) is 12.7. The molecule has 2 aromatic rings. The number of hydrogen-bond donors (Lipinski definition) is 0.